The van der Waals surface area contributed by atoms with Gasteiger partial charge in [0.1, 0.15) is 6.61 Å². The second-order valence-corrected chi connectivity index (χ2v) is 6.60. The van der Waals surface area contributed by atoms with E-state index in [1.54, 1.807) is 6.07 Å². The maximum atomic E-state index is 12.5. The first-order valence-electron chi connectivity index (χ1n) is 8.21. The molecule has 1 heterocycles. The molecule has 0 atom stereocenters. The zero-order chi connectivity index (χ0) is 17.8. The number of nitrogens with one attached hydrogen (secondary N) is 1. The highest BCUT2D eigenvalue weighted by atomic mass is 32.1. The number of rotatable bonds is 5. The van der Waals surface area contributed by atoms with E-state index in [2.05, 4.69) is 10.3 Å². The van der Waals surface area contributed by atoms with Crippen molar-refractivity contribution in [1.82, 2.24) is 4.98 Å². The predicted molar refractivity (Wildman–Crippen MR) is 105 cm³/mol. The number of carbonyl (C=O) groups excluding carboxylic acids is 1. The molecule has 1 aromatic heterocycles. The second kappa shape index (κ2) is 7.37. The molecule has 0 spiro atoms. The summed E-state index contributed by atoms with van der Waals surface area (Å²) in [5.41, 5.74) is 2.27. The maximum Gasteiger partial charge on any atom is 0.339 e. The van der Waals surface area contributed by atoms with Crippen molar-refractivity contribution in [3.63, 3.8) is 0 Å². The fraction of sp³-hybridized carbons (Fsp3) is 0.0476. The van der Waals surface area contributed by atoms with Crippen LogP contribution in [0.1, 0.15) is 16.1 Å². The number of para-hydroxylation sites is 1. The molecular formula is C21H16N2O2S. The predicted octanol–water partition coefficient (Wildman–Crippen LogP) is 5.40. The molecule has 0 aliphatic rings. The van der Waals surface area contributed by atoms with E-state index in [0.717, 1.165) is 27.3 Å². The summed E-state index contributed by atoms with van der Waals surface area (Å²) in [5.74, 6) is -0.340. The quantitative estimate of drug-likeness (QED) is 0.484. The molecule has 0 saturated heterocycles. The number of benzene rings is 3. The van der Waals surface area contributed by atoms with E-state index in [1.807, 2.05) is 72.1 Å². The van der Waals surface area contributed by atoms with Crippen LogP contribution in [0.15, 0.2) is 78.2 Å². The van der Waals surface area contributed by atoms with Crippen molar-refractivity contribution in [3.8, 4) is 0 Å². The van der Waals surface area contributed by atoms with Crippen molar-refractivity contribution in [1.29, 1.82) is 0 Å². The summed E-state index contributed by atoms with van der Waals surface area (Å²) in [5, 5.41) is 7.81. The largest absolute Gasteiger partial charge is 0.456 e. The van der Waals surface area contributed by atoms with Crippen molar-refractivity contribution in [2.45, 2.75) is 6.61 Å². The van der Waals surface area contributed by atoms with Gasteiger partial charge < -0.3 is 10.1 Å². The molecule has 3 aromatic carbocycles. The Bertz CT molecular complexity index is 1040. The molecule has 1 N–H and O–H groups in total. The summed E-state index contributed by atoms with van der Waals surface area (Å²) in [4.78, 5) is 16.9. The van der Waals surface area contributed by atoms with Gasteiger partial charge in [-0.1, -0.05) is 54.6 Å². The van der Waals surface area contributed by atoms with Crippen LogP contribution in [-0.2, 0) is 11.3 Å². The molecule has 5 heteroatoms. The van der Waals surface area contributed by atoms with Gasteiger partial charge in [-0.3, -0.25) is 0 Å². The fourth-order valence-electron chi connectivity index (χ4n) is 2.70. The summed E-state index contributed by atoms with van der Waals surface area (Å²) in [6.45, 7) is 0.148. The van der Waals surface area contributed by atoms with Crippen molar-refractivity contribution in [3.05, 3.63) is 89.4 Å². The number of carbonyl (C=O) groups is 1. The molecular weight excluding hydrogens is 344 g/mol. The van der Waals surface area contributed by atoms with E-state index in [9.17, 15) is 4.79 Å². The normalized spacial score (nSPS) is 10.6. The molecule has 128 valence electrons. The Labute approximate surface area is 155 Å². The summed E-state index contributed by atoms with van der Waals surface area (Å²) in [6.07, 6.45) is 0. The number of esters is 1. The molecule has 0 aliphatic carbocycles. The molecule has 0 aliphatic heterocycles. The first-order valence-corrected chi connectivity index (χ1v) is 9.09. The zero-order valence-electron chi connectivity index (χ0n) is 13.9. The molecule has 0 amide bonds. The SMILES string of the molecule is O=C(OCc1csc(Nc2ccccc2)n1)c1cccc2ccccc12. The summed E-state index contributed by atoms with van der Waals surface area (Å²) in [7, 11) is 0. The van der Waals surface area contributed by atoms with Crippen LogP contribution in [0, 0.1) is 0 Å². The van der Waals surface area contributed by atoms with Crippen LogP contribution in [0.4, 0.5) is 10.8 Å². The van der Waals surface area contributed by atoms with Gasteiger partial charge >= 0.3 is 5.97 Å². The van der Waals surface area contributed by atoms with Crippen LogP contribution in [0.2, 0.25) is 0 Å². The first-order chi connectivity index (χ1) is 12.8. The number of fused-ring (bicyclic) bond motifs is 1. The van der Waals surface area contributed by atoms with Gasteiger partial charge in [0.2, 0.25) is 0 Å². The summed E-state index contributed by atoms with van der Waals surface area (Å²) in [6, 6.07) is 23.2. The molecule has 4 rings (SSSR count). The zero-order valence-corrected chi connectivity index (χ0v) is 14.7. The number of aromatic nitrogens is 1. The lowest BCUT2D eigenvalue weighted by Crippen LogP contribution is -2.06. The molecule has 0 bridgehead atoms. The lowest BCUT2D eigenvalue weighted by atomic mass is 10.1. The smallest absolute Gasteiger partial charge is 0.339 e. The highest BCUT2D eigenvalue weighted by molar-refractivity contribution is 7.13. The molecule has 4 aromatic rings. The number of nitrogens with zero attached hydrogens (tertiary/aromatic N) is 1. The standard InChI is InChI=1S/C21H16N2O2S/c24-20(19-12-6-8-15-7-4-5-11-18(15)19)25-13-17-14-26-21(23-17)22-16-9-2-1-3-10-16/h1-12,14H,13H2,(H,22,23). The topological polar surface area (TPSA) is 51.2 Å². The van der Waals surface area contributed by atoms with Crippen LogP contribution in [-0.4, -0.2) is 11.0 Å². The number of thiazole rings is 1. The van der Waals surface area contributed by atoms with Crippen molar-refractivity contribution in [2.24, 2.45) is 0 Å². The minimum absolute atomic E-state index is 0.148. The first kappa shape index (κ1) is 16.3. The minimum Gasteiger partial charge on any atom is -0.456 e. The molecule has 0 radical (unpaired) electrons. The average molecular weight is 360 g/mol. The monoisotopic (exact) mass is 360 g/mol. The Morgan fingerprint density at radius 2 is 1.73 bits per heavy atom. The van der Waals surface area contributed by atoms with Crippen molar-refractivity contribution >= 4 is 38.9 Å². The van der Waals surface area contributed by atoms with E-state index < -0.39 is 0 Å². The Morgan fingerprint density at radius 1 is 0.962 bits per heavy atom. The summed E-state index contributed by atoms with van der Waals surface area (Å²) < 4.78 is 5.46. The van der Waals surface area contributed by atoms with Crippen LogP contribution in [0.5, 0.6) is 0 Å². The Kier molecular flexibility index (Phi) is 4.62. The lowest BCUT2D eigenvalue weighted by Gasteiger charge is -2.06. The van der Waals surface area contributed by atoms with Crippen LogP contribution < -0.4 is 5.32 Å². The van der Waals surface area contributed by atoms with E-state index in [1.165, 1.54) is 11.3 Å². The van der Waals surface area contributed by atoms with Crippen LogP contribution >= 0.6 is 11.3 Å². The number of hydrogen-bond donors (Lipinski definition) is 1. The third kappa shape index (κ3) is 3.58. The lowest BCUT2D eigenvalue weighted by molar-refractivity contribution is 0.0471. The molecule has 0 fully saturated rings. The molecule has 26 heavy (non-hydrogen) atoms. The second-order valence-electron chi connectivity index (χ2n) is 5.74. The highest BCUT2D eigenvalue weighted by Crippen LogP contribution is 2.22. The Hall–Kier alpha value is -3.18. The number of anilines is 2. The van der Waals surface area contributed by atoms with Crippen LogP contribution in [0.3, 0.4) is 0 Å². The van der Waals surface area contributed by atoms with Crippen molar-refractivity contribution < 1.29 is 9.53 Å². The van der Waals surface area contributed by atoms with E-state index in [0.29, 0.717) is 5.56 Å². The van der Waals surface area contributed by atoms with Crippen molar-refractivity contribution in [2.75, 3.05) is 5.32 Å². The van der Waals surface area contributed by atoms with Gasteiger partial charge in [-0.15, -0.1) is 11.3 Å². The molecule has 4 nitrogen and oxygen atoms in total. The Morgan fingerprint density at radius 3 is 2.62 bits per heavy atom. The summed E-state index contributed by atoms with van der Waals surface area (Å²) >= 11 is 1.48. The van der Waals surface area contributed by atoms with Gasteiger partial charge in [0.15, 0.2) is 5.13 Å². The highest BCUT2D eigenvalue weighted by Gasteiger charge is 2.12. The van der Waals surface area contributed by atoms with E-state index in [-0.39, 0.29) is 12.6 Å². The third-order valence-corrected chi connectivity index (χ3v) is 4.74. The minimum atomic E-state index is -0.340. The van der Waals surface area contributed by atoms with Gasteiger partial charge in [0.05, 0.1) is 11.3 Å². The Balaban J connectivity index is 1.43. The number of hydrogen-bond acceptors (Lipinski definition) is 5. The van der Waals surface area contributed by atoms with Gasteiger partial charge in [0.25, 0.3) is 0 Å². The van der Waals surface area contributed by atoms with E-state index >= 15 is 0 Å². The van der Waals surface area contributed by atoms with Gasteiger partial charge in [-0.25, -0.2) is 9.78 Å². The molecule has 0 unspecified atom stereocenters. The van der Waals surface area contributed by atoms with Gasteiger partial charge in [-0.2, -0.15) is 0 Å². The molecule has 0 saturated carbocycles. The number of ether oxygens (including phenoxy) is 1. The average Bonchev–Trinajstić information content (AvgIpc) is 3.14. The van der Waals surface area contributed by atoms with E-state index in [4.69, 9.17) is 4.74 Å². The van der Waals surface area contributed by atoms with Crippen LogP contribution in [0.25, 0.3) is 10.8 Å². The fourth-order valence-corrected chi connectivity index (χ4v) is 3.41. The van der Waals surface area contributed by atoms with Gasteiger partial charge in [0, 0.05) is 11.1 Å². The van der Waals surface area contributed by atoms with Gasteiger partial charge in [-0.05, 0) is 29.0 Å². The maximum absolute atomic E-state index is 12.5. The third-order valence-electron chi connectivity index (χ3n) is 3.94.